The summed E-state index contributed by atoms with van der Waals surface area (Å²) in [5, 5.41) is 0.510. The maximum absolute atomic E-state index is 11.3. The van der Waals surface area contributed by atoms with Crippen molar-refractivity contribution in [3.05, 3.63) is 29.3 Å². The normalized spacial score (nSPS) is 11.5. The van der Waals surface area contributed by atoms with Crippen LogP contribution in [0, 0.1) is 0 Å². The minimum atomic E-state index is -3.46. The molecule has 0 atom stereocenters. The van der Waals surface area contributed by atoms with Gasteiger partial charge in [-0.05, 0) is 31.2 Å². The van der Waals surface area contributed by atoms with E-state index in [-0.39, 0.29) is 11.4 Å². The fraction of sp³-hybridized carbons (Fsp3) is 0.250. The summed E-state index contributed by atoms with van der Waals surface area (Å²) in [6, 6.07) is 5.94. The minimum absolute atomic E-state index is 0.179. The van der Waals surface area contributed by atoms with E-state index < -0.39 is 10.0 Å². The third-order valence-electron chi connectivity index (χ3n) is 1.41. The van der Waals surface area contributed by atoms with Crippen LogP contribution in [0.15, 0.2) is 29.2 Å². The van der Waals surface area contributed by atoms with Gasteiger partial charge in [0.1, 0.15) is 0 Å². The molecule has 1 radical (unpaired) electrons. The highest BCUT2D eigenvalue weighted by atomic mass is 35.5. The van der Waals surface area contributed by atoms with E-state index in [0.717, 1.165) is 0 Å². The quantitative estimate of drug-likeness (QED) is 0.775. The van der Waals surface area contributed by atoms with Gasteiger partial charge in [-0.3, -0.25) is 0 Å². The smallest absolute Gasteiger partial charge is 0.206 e. The Kier molecular flexibility index (Phi) is 3.30. The molecule has 0 amide bonds. The first-order chi connectivity index (χ1) is 6.06. The Bertz CT molecular complexity index is 372. The van der Waals surface area contributed by atoms with Gasteiger partial charge in [0.15, 0.2) is 0 Å². The van der Waals surface area contributed by atoms with Crippen LogP contribution in [-0.2, 0) is 10.0 Å². The van der Waals surface area contributed by atoms with Gasteiger partial charge >= 0.3 is 0 Å². The number of nitrogens with zero attached hydrogens (tertiary/aromatic N) is 1. The fourth-order valence-corrected chi connectivity index (χ4v) is 1.95. The molecule has 13 heavy (non-hydrogen) atoms. The van der Waals surface area contributed by atoms with Crippen molar-refractivity contribution in [3.63, 3.8) is 0 Å². The summed E-state index contributed by atoms with van der Waals surface area (Å²) in [6.45, 7) is 1.93. The largest absolute Gasteiger partial charge is 0.256 e. The minimum Gasteiger partial charge on any atom is -0.206 e. The van der Waals surface area contributed by atoms with E-state index in [4.69, 9.17) is 11.6 Å². The molecule has 0 unspecified atom stereocenters. The number of hydrogen-bond acceptors (Lipinski definition) is 2. The van der Waals surface area contributed by atoms with E-state index in [1.807, 2.05) is 0 Å². The third-order valence-corrected chi connectivity index (χ3v) is 3.13. The zero-order valence-electron chi connectivity index (χ0n) is 7.07. The van der Waals surface area contributed by atoms with Crippen LogP contribution >= 0.6 is 11.6 Å². The Balaban J connectivity index is 3.02. The zero-order chi connectivity index (χ0) is 9.90. The molecule has 5 heteroatoms. The summed E-state index contributed by atoms with van der Waals surface area (Å²) >= 11 is 5.61. The number of rotatable bonds is 3. The van der Waals surface area contributed by atoms with Gasteiger partial charge in [0.25, 0.3) is 10.0 Å². The van der Waals surface area contributed by atoms with Crippen molar-refractivity contribution in [1.82, 2.24) is 4.72 Å². The molecular formula is C8H9ClNO2S. The van der Waals surface area contributed by atoms with Gasteiger partial charge in [0, 0.05) is 11.6 Å². The number of benzene rings is 1. The van der Waals surface area contributed by atoms with Crippen LogP contribution in [-0.4, -0.2) is 15.0 Å². The third kappa shape index (κ3) is 2.69. The van der Waals surface area contributed by atoms with Crippen molar-refractivity contribution in [2.75, 3.05) is 6.54 Å². The van der Waals surface area contributed by atoms with Gasteiger partial charge in [-0.2, -0.15) is 0 Å². The van der Waals surface area contributed by atoms with E-state index in [0.29, 0.717) is 5.02 Å². The van der Waals surface area contributed by atoms with Crippen molar-refractivity contribution < 1.29 is 8.42 Å². The molecule has 0 N–H and O–H groups in total. The van der Waals surface area contributed by atoms with Gasteiger partial charge in [-0.25, -0.2) is 8.42 Å². The average molecular weight is 219 g/mol. The molecule has 1 rings (SSSR count). The van der Waals surface area contributed by atoms with Gasteiger partial charge in [0.05, 0.1) is 4.90 Å². The van der Waals surface area contributed by atoms with Crippen molar-refractivity contribution in [1.29, 1.82) is 0 Å². The maximum atomic E-state index is 11.3. The molecule has 1 aromatic carbocycles. The van der Waals surface area contributed by atoms with Crippen LogP contribution in [0.2, 0.25) is 5.02 Å². The molecule has 0 aliphatic rings. The molecule has 0 spiro atoms. The van der Waals surface area contributed by atoms with E-state index in [2.05, 4.69) is 4.72 Å². The van der Waals surface area contributed by atoms with Crippen LogP contribution < -0.4 is 4.72 Å². The molecule has 0 aliphatic heterocycles. The summed E-state index contributed by atoms with van der Waals surface area (Å²) in [4.78, 5) is 0.179. The first-order valence-electron chi connectivity index (χ1n) is 3.75. The van der Waals surface area contributed by atoms with Crippen molar-refractivity contribution in [3.8, 4) is 0 Å². The Morgan fingerprint density at radius 2 is 1.85 bits per heavy atom. The standard InChI is InChI=1S/C8H9ClNO2S/c1-2-10-13(11,12)8-5-3-7(9)4-6-8/h3-6H,2H2,1H3. The summed E-state index contributed by atoms with van der Waals surface area (Å²) < 4.78 is 26.2. The molecule has 0 saturated heterocycles. The van der Waals surface area contributed by atoms with Crippen LogP contribution in [0.3, 0.4) is 0 Å². The zero-order valence-corrected chi connectivity index (χ0v) is 8.64. The van der Waals surface area contributed by atoms with Gasteiger partial charge in [-0.15, -0.1) is 4.72 Å². The molecule has 71 valence electrons. The average Bonchev–Trinajstić information content (AvgIpc) is 2.05. The lowest BCUT2D eigenvalue weighted by atomic mass is 10.4. The molecule has 0 saturated carbocycles. The molecule has 0 aromatic heterocycles. The van der Waals surface area contributed by atoms with Gasteiger partial charge in [-0.1, -0.05) is 11.6 Å². The second-order valence-corrected chi connectivity index (χ2v) is 4.49. The van der Waals surface area contributed by atoms with E-state index >= 15 is 0 Å². The first kappa shape index (κ1) is 10.5. The van der Waals surface area contributed by atoms with Gasteiger partial charge in [0.2, 0.25) is 0 Å². The summed E-state index contributed by atoms with van der Waals surface area (Å²) in [5.74, 6) is 0. The SMILES string of the molecule is CC[N]S(=O)(=O)c1ccc(Cl)cc1. The molecule has 0 bridgehead atoms. The Morgan fingerprint density at radius 1 is 1.31 bits per heavy atom. The second-order valence-electron chi connectivity index (χ2n) is 2.37. The van der Waals surface area contributed by atoms with E-state index in [1.165, 1.54) is 24.3 Å². The number of sulfonamides is 1. The molecule has 3 nitrogen and oxygen atoms in total. The predicted octanol–water partition coefficient (Wildman–Crippen LogP) is 1.65. The summed E-state index contributed by atoms with van der Waals surface area (Å²) in [6.07, 6.45) is 0. The second kappa shape index (κ2) is 4.09. The van der Waals surface area contributed by atoms with Crippen molar-refractivity contribution in [2.24, 2.45) is 0 Å². The highest BCUT2D eigenvalue weighted by Gasteiger charge is 2.12. The highest BCUT2D eigenvalue weighted by Crippen LogP contribution is 2.13. The predicted molar refractivity (Wildman–Crippen MR) is 51.3 cm³/mol. The molecule has 0 heterocycles. The lowest BCUT2D eigenvalue weighted by Crippen LogP contribution is -2.15. The molecular weight excluding hydrogens is 210 g/mol. The first-order valence-corrected chi connectivity index (χ1v) is 5.57. The van der Waals surface area contributed by atoms with Crippen LogP contribution in [0.1, 0.15) is 6.92 Å². The monoisotopic (exact) mass is 218 g/mol. The number of halogens is 1. The van der Waals surface area contributed by atoms with Crippen LogP contribution in [0.25, 0.3) is 0 Å². The Hall–Kier alpha value is -0.580. The maximum Gasteiger partial charge on any atom is 0.256 e. The van der Waals surface area contributed by atoms with E-state index in [9.17, 15) is 8.42 Å². The lowest BCUT2D eigenvalue weighted by molar-refractivity contribution is 0.582. The lowest BCUT2D eigenvalue weighted by Gasteiger charge is -2.01. The topological polar surface area (TPSA) is 48.2 Å². The summed E-state index contributed by atoms with van der Waals surface area (Å²) in [7, 11) is -3.46. The van der Waals surface area contributed by atoms with Crippen molar-refractivity contribution in [2.45, 2.75) is 11.8 Å². The fourth-order valence-electron chi connectivity index (χ4n) is 0.851. The molecule has 0 aliphatic carbocycles. The Morgan fingerprint density at radius 3 is 2.31 bits per heavy atom. The number of hydrogen-bond donors (Lipinski definition) is 0. The molecule has 1 aromatic rings. The van der Waals surface area contributed by atoms with Gasteiger partial charge < -0.3 is 0 Å². The van der Waals surface area contributed by atoms with E-state index in [1.54, 1.807) is 6.92 Å². The van der Waals surface area contributed by atoms with Crippen LogP contribution in [0.5, 0.6) is 0 Å². The molecule has 0 fully saturated rings. The Labute approximate surface area is 82.8 Å². The summed E-state index contributed by atoms with van der Waals surface area (Å²) in [5.41, 5.74) is 0. The van der Waals surface area contributed by atoms with Crippen molar-refractivity contribution >= 4 is 21.6 Å². The highest BCUT2D eigenvalue weighted by molar-refractivity contribution is 7.89. The van der Waals surface area contributed by atoms with Crippen LogP contribution in [0.4, 0.5) is 0 Å².